The molecule has 10 heteroatoms. The highest BCUT2D eigenvalue weighted by molar-refractivity contribution is 14.0. The Kier molecular flexibility index (Phi) is 10.5. The van der Waals surface area contributed by atoms with E-state index in [1.807, 2.05) is 25.1 Å². The molecule has 1 aliphatic heterocycles. The second-order valence-electron chi connectivity index (χ2n) is 7.35. The lowest BCUT2D eigenvalue weighted by molar-refractivity contribution is -0.384. The standard InChI is InChI=1S/C22H29N5O4.HI/c1-2-23-22(25-17-12-13-26(15-17)18-6-4-3-5-7-18)24-14-20(28)16-31-21-10-8-19(9-11-21)27(29)30;/h3-11,17,20,28H,2,12-16H2,1H3,(H2,23,24,25);1H. The van der Waals surface area contributed by atoms with Gasteiger partial charge in [-0.3, -0.25) is 15.1 Å². The van der Waals surface area contributed by atoms with Gasteiger partial charge in [-0.25, -0.2) is 0 Å². The van der Waals surface area contributed by atoms with Crippen LogP contribution in [0.2, 0.25) is 0 Å². The number of nitrogens with zero attached hydrogens (tertiary/aromatic N) is 3. The molecule has 0 aliphatic carbocycles. The van der Waals surface area contributed by atoms with Crippen molar-refractivity contribution in [1.29, 1.82) is 0 Å². The van der Waals surface area contributed by atoms with Gasteiger partial charge in [-0.2, -0.15) is 0 Å². The molecule has 1 saturated heterocycles. The van der Waals surface area contributed by atoms with Gasteiger partial charge in [0, 0.05) is 43.5 Å². The maximum Gasteiger partial charge on any atom is 0.269 e. The molecule has 2 aromatic rings. The number of benzene rings is 2. The van der Waals surface area contributed by atoms with Gasteiger partial charge in [0.25, 0.3) is 5.69 Å². The van der Waals surface area contributed by atoms with Crippen LogP contribution in [0.4, 0.5) is 11.4 Å². The van der Waals surface area contributed by atoms with Crippen molar-refractivity contribution in [3.8, 4) is 5.75 Å². The molecule has 0 spiro atoms. The fourth-order valence-electron chi connectivity index (χ4n) is 3.37. The van der Waals surface area contributed by atoms with Gasteiger partial charge in [0.1, 0.15) is 18.5 Å². The minimum atomic E-state index is -0.796. The zero-order valence-corrected chi connectivity index (χ0v) is 20.3. The maximum absolute atomic E-state index is 10.7. The summed E-state index contributed by atoms with van der Waals surface area (Å²) in [6.07, 6.45) is 0.209. The minimum Gasteiger partial charge on any atom is -0.491 e. The lowest BCUT2D eigenvalue weighted by Gasteiger charge is -2.20. The Morgan fingerprint density at radius 2 is 2.00 bits per heavy atom. The van der Waals surface area contributed by atoms with Crippen molar-refractivity contribution in [1.82, 2.24) is 10.6 Å². The lowest BCUT2D eigenvalue weighted by atomic mass is 10.2. The summed E-state index contributed by atoms with van der Waals surface area (Å²) in [5.74, 6) is 1.13. The number of rotatable bonds is 9. The van der Waals surface area contributed by atoms with E-state index >= 15 is 0 Å². The SMILES string of the molecule is CCNC(=NCC(O)COc1ccc([N+](=O)[O-])cc1)NC1CCN(c2ccccc2)C1.I. The number of aliphatic imine (C=N–C) groups is 1. The fourth-order valence-corrected chi connectivity index (χ4v) is 3.37. The number of hydrogen-bond donors (Lipinski definition) is 3. The van der Waals surface area contributed by atoms with Crippen LogP contribution < -0.4 is 20.3 Å². The van der Waals surface area contributed by atoms with Gasteiger partial charge in [-0.1, -0.05) is 18.2 Å². The van der Waals surface area contributed by atoms with E-state index in [1.54, 1.807) is 0 Å². The lowest BCUT2D eigenvalue weighted by Crippen LogP contribution is -2.45. The summed E-state index contributed by atoms with van der Waals surface area (Å²) in [6, 6.07) is 16.4. The third kappa shape index (κ3) is 7.83. The zero-order valence-electron chi connectivity index (χ0n) is 18.0. The number of ether oxygens (including phenoxy) is 1. The predicted octanol–water partition coefficient (Wildman–Crippen LogP) is 2.79. The third-order valence-corrected chi connectivity index (χ3v) is 4.94. The van der Waals surface area contributed by atoms with E-state index in [4.69, 9.17) is 4.74 Å². The zero-order chi connectivity index (χ0) is 22.1. The molecule has 2 aromatic carbocycles. The Hall–Kier alpha value is -2.60. The molecular weight excluding hydrogens is 525 g/mol. The second kappa shape index (κ2) is 13.1. The van der Waals surface area contributed by atoms with Crippen LogP contribution in [0.25, 0.3) is 0 Å². The minimum absolute atomic E-state index is 0. The first kappa shape index (κ1) is 25.7. The van der Waals surface area contributed by atoms with Crippen LogP contribution in [0, 0.1) is 10.1 Å². The van der Waals surface area contributed by atoms with Crippen LogP contribution in [0.15, 0.2) is 59.6 Å². The highest BCUT2D eigenvalue weighted by atomic mass is 127. The summed E-state index contributed by atoms with van der Waals surface area (Å²) in [5.41, 5.74) is 1.21. The van der Waals surface area contributed by atoms with Crippen molar-refractivity contribution in [2.45, 2.75) is 25.5 Å². The molecule has 3 rings (SSSR count). The molecule has 2 atom stereocenters. The number of para-hydroxylation sites is 1. The number of anilines is 1. The fraction of sp³-hybridized carbons (Fsp3) is 0.409. The summed E-state index contributed by atoms with van der Waals surface area (Å²) in [5, 5.41) is 27.6. The van der Waals surface area contributed by atoms with E-state index in [2.05, 4.69) is 32.7 Å². The molecule has 1 heterocycles. The molecule has 3 N–H and O–H groups in total. The van der Waals surface area contributed by atoms with Crippen LogP contribution in [-0.4, -0.2) is 60.9 Å². The first-order chi connectivity index (χ1) is 15.0. The molecule has 32 heavy (non-hydrogen) atoms. The molecule has 0 radical (unpaired) electrons. The van der Waals surface area contributed by atoms with Crippen LogP contribution in [-0.2, 0) is 0 Å². The highest BCUT2D eigenvalue weighted by Gasteiger charge is 2.23. The molecule has 0 bridgehead atoms. The quantitative estimate of drug-likeness (QED) is 0.144. The summed E-state index contributed by atoms with van der Waals surface area (Å²) >= 11 is 0. The Morgan fingerprint density at radius 3 is 2.66 bits per heavy atom. The van der Waals surface area contributed by atoms with Crippen LogP contribution in [0.1, 0.15) is 13.3 Å². The predicted molar refractivity (Wildman–Crippen MR) is 136 cm³/mol. The third-order valence-electron chi connectivity index (χ3n) is 4.94. The van der Waals surface area contributed by atoms with Crippen LogP contribution >= 0.6 is 24.0 Å². The van der Waals surface area contributed by atoms with E-state index in [0.29, 0.717) is 11.7 Å². The van der Waals surface area contributed by atoms with Crippen LogP contribution in [0.5, 0.6) is 5.75 Å². The monoisotopic (exact) mass is 555 g/mol. The number of halogens is 1. The largest absolute Gasteiger partial charge is 0.491 e. The molecule has 0 aromatic heterocycles. The Labute approximate surface area is 205 Å². The van der Waals surface area contributed by atoms with Crippen molar-refractivity contribution >= 4 is 41.3 Å². The molecular formula is C22H30IN5O4. The Morgan fingerprint density at radius 1 is 1.28 bits per heavy atom. The van der Waals surface area contributed by atoms with Crippen LogP contribution in [0.3, 0.4) is 0 Å². The Bertz CT molecular complexity index is 866. The summed E-state index contributed by atoms with van der Waals surface area (Å²) in [6.45, 7) is 4.81. The number of nitro benzene ring substituents is 1. The summed E-state index contributed by atoms with van der Waals surface area (Å²) in [7, 11) is 0. The molecule has 1 aliphatic rings. The van der Waals surface area contributed by atoms with E-state index in [-0.39, 0.29) is 48.9 Å². The summed E-state index contributed by atoms with van der Waals surface area (Å²) in [4.78, 5) is 17.0. The maximum atomic E-state index is 10.7. The first-order valence-corrected chi connectivity index (χ1v) is 10.5. The first-order valence-electron chi connectivity index (χ1n) is 10.5. The smallest absolute Gasteiger partial charge is 0.269 e. The van der Waals surface area contributed by atoms with Gasteiger partial charge in [0.15, 0.2) is 5.96 Å². The number of nitrogens with one attached hydrogen (secondary N) is 2. The number of aliphatic hydroxyl groups excluding tert-OH is 1. The second-order valence-corrected chi connectivity index (χ2v) is 7.35. The van der Waals surface area contributed by atoms with Gasteiger partial charge >= 0.3 is 0 Å². The van der Waals surface area contributed by atoms with Gasteiger partial charge < -0.3 is 25.4 Å². The molecule has 0 saturated carbocycles. The molecule has 9 nitrogen and oxygen atoms in total. The topological polar surface area (TPSA) is 112 Å². The molecule has 2 unspecified atom stereocenters. The van der Waals surface area contributed by atoms with Crippen molar-refractivity contribution in [3.05, 3.63) is 64.7 Å². The van der Waals surface area contributed by atoms with Crippen molar-refractivity contribution < 1.29 is 14.8 Å². The van der Waals surface area contributed by atoms with Crippen molar-refractivity contribution in [2.24, 2.45) is 4.99 Å². The number of guanidine groups is 1. The molecule has 174 valence electrons. The van der Waals surface area contributed by atoms with Gasteiger partial charge in [-0.05, 0) is 37.6 Å². The van der Waals surface area contributed by atoms with Gasteiger partial charge in [0.2, 0.25) is 0 Å². The molecule has 1 fully saturated rings. The van der Waals surface area contributed by atoms with E-state index < -0.39 is 11.0 Å². The normalized spacial score (nSPS) is 16.8. The number of aliphatic hydroxyl groups is 1. The number of nitro groups is 1. The average molecular weight is 555 g/mol. The highest BCUT2D eigenvalue weighted by Crippen LogP contribution is 2.20. The van der Waals surface area contributed by atoms with Crippen molar-refractivity contribution in [3.63, 3.8) is 0 Å². The number of hydrogen-bond acceptors (Lipinski definition) is 6. The van der Waals surface area contributed by atoms with E-state index in [9.17, 15) is 15.2 Å². The van der Waals surface area contributed by atoms with Crippen molar-refractivity contribution in [2.75, 3.05) is 37.7 Å². The van der Waals surface area contributed by atoms with Gasteiger partial charge in [-0.15, -0.1) is 24.0 Å². The average Bonchev–Trinajstić information content (AvgIpc) is 3.25. The Balaban J connectivity index is 0.00000363. The molecule has 0 amide bonds. The van der Waals surface area contributed by atoms with E-state index in [1.165, 1.54) is 30.0 Å². The number of non-ortho nitro benzene ring substituents is 1. The summed E-state index contributed by atoms with van der Waals surface area (Å²) < 4.78 is 5.50. The van der Waals surface area contributed by atoms with Gasteiger partial charge in [0.05, 0.1) is 11.5 Å². The van der Waals surface area contributed by atoms with E-state index in [0.717, 1.165) is 26.1 Å².